The van der Waals surface area contributed by atoms with Crippen LogP contribution in [0.1, 0.15) is 6.92 Å². The molecule has 0 saturated carbocycles. The maximum Gasteiger partial charge on any atom is 0.129 e. The van der Waals surface area contributed by atoms with Crippen molar-refractivity contribution in [3.63, 3.8) is 0 Å². The van der Waals surface area contributed by atoms with E-state index in [4.69, 9.17) is 5.11 Å². The average Bonchev–Trinajstić information content (AvgIpc) is 1.96. The summed E-state index contributed by atoms with van der Waals surface area (Å²) in [6.45, 7) is 8.33. The Morgan fingerprint density at radius 2 is 1.83 bits per heavy atom. The zero-order valence-corrected chi connectivity index (χ0v) is 9.23. The predicted octanol–water partition coefficient (Wildman–Crippen LogP) is 1.50. The molecule has 0 amide bonds. The Kier molecular flexibility index (Phi) is 4.74. The van der Waals surface area contributed by atoms with Gasteiger partial charge in [-0.15, -0.1) is 11.5 Å². The van der Waals surface area contributed by atoms with Gasteiger partial charge in [0, 0.05) is 0 Å². The Morgan fingerprint density at radius 3 is 2.17 bits per heavy atom. The molecule has 0 bridgehead atoms. The lowest BCUT2D eigenvalue weighted by atomic mass is 10.2. The second kappa shape index (κ2) is 5.03. The summed E-state index contributed by atoms with van der Waals surface area (Å²) in [6, 6.07) is 0. The number of hydrogen-bond acceptors (Lipinski definition) is 1. The quantitative estimate of drug-likeness (QED) is 0.479. The van der Waals surface area contributed by atoms with E-state index >= 15 is 0 Å². The molecule has 0 saturated heterocycles. The maximum absolute atomic E-state index is 8.86. The molecule has 0 fully saturated rings. The third-order valence-electron chi connectivity index (χ3n) is 1.12. The summed E-state index contributed by atoms with van der Waals surface area (Å²) >= 11 is 0. The molecule has 12 heavy (non-hydrogen) atoms. The molecule has 0 aromatic heterocycles. The van der Waals surface area contributed by atoms with E-state index in [-0.39, 0.29) is 12.5 Å². The van der Waals surface area contributed by atoms with Gasteiger partial charge in [0.05, 0.1) is 6.61 Å². The van der Waals surface area contributed by atoms with Crippen LogP contribution < -0.4 is 0 Å². The molecule has 0 aromatic carbocycles. The zero-order valence-electron chi connectivity index (χ0n) is 8.23. The van der Waals surface area contributed by atoms with Crippen LogP contribution >= 0.6 is 0 Å². The highest BCUT2D eigenvalue weighted by atomic mass is 28.3. The molecule has 1 nitrogen and oxygen atoms in total. The van der Waals surface area contributed by atoms with Gasteiger partial charge < -0.3 is 5.11 Å². The van der Waals surface area contributed by atoms with Gasteiger partial charge in [-0.1, -0.05) is 31.5 Å². The van der Waals surface area contributed by atoms with Gasteiger partial charge in [-0.05, 0) is 6.92 Å². The van der Waals surface area contributed by atoms with Gasteiger partial charge in [0.1, 0.15) is 14.0 Å². The van der Waals surface area contributed by atoms with E-state index in [1.165, 1.54) is 0 Å². The van der Waals surface area contributed by atoms with Crippen LogP contribution in [0.5, 0.6) is 0 Å². The summed E-state index contributed by atoms with van der Waals surface area (Å²) < 4.78 is 0. The molecule has 1 unspecified atom stereocenters. The van der Waals surface area contributed by atoms with Gasteiger partial charge in [0.25, 0.3) is 0 Å². The van der Waals surface area contributed by atoms with Crippen LogP contribution in [-0.4, -0.2) is 19.8 Å². The standard InChI is InChI=1S/C10H16OSi/c1-5-6-10(9-11)7-8-12(2,3)4/h10-11H,9H2,1-4H3. The van der Waals surface area contributed by atoms with E-state index < -0.39 is 8.07 Å². The highest BCUT2D eigenvalue weighted by Crippen LogP contribution is 1.98. The van der Waals surface area contributed by atoms with Gasteiger partial charge in [-0.25, -0.2) is 0 Å². The monoisotopic (exact) mass is 180 g/mol. The van der Waals surface area contributed by atoms with Crippen LogP contribution in [0.2, 0.25) is 19.6 Å². The van der Waals surface area contributed by atoms with Crippen molar-refractivity contribution < 1.29 is 5.11 Å². The average molecular weight is 180 g/mol. The second-order valence-electron chi connectivity index (χ2n) is 3.65. The van der Waals surface area contributed by atoms with Crippen molar-refractivity contribution in [2.45, 2.75) is 26.6 Å². The van der Waals surface area contributed by atoms with E-state index in [9.17, 15) is 0 Å². The van der Waals surface area contributed by atoms with Gasteiger partial charge in [0.15, 0.2) is 0 Å². The summed E-state index contributed by atoms with van der Waals surface area (Å²) in [4.78, 5) is 0. The molecule has 66 valence electrons. The highest BCUT2D eigenvalue weighted by Gasteiger charge is 2.08. The molecule has 0 aliphatic heterocycles. The van der Waals surface area contributed by atoms with Crippen LogP contribution in [0, 0.1) is 29.2 Å². The SMILES string of the molecule is CC#CC(C#C[Si](C)(C)C)CO. The van der Waals surface area contributed by atoms with Gasteiger partial charge in [0.2, 0.25) is 0 Å². The highest BCUT2D eigenvalue weighted by molar-refractivity contribution is 6.83. The smallest absolute Gasteiger partial charge is 0.129 e. The first kappa shape index (κ1) is 11.3. The first-order valence-corrected chi connectivity index (χ1v) is 7.55. The van der Waals surface area contributed by atoms with E-state index in [2.05, 4.69) is 42.9 Å². The number of aliphatic hydroxyl groups excluding tert-OH is 1. The van der Waals surface area contributed by atoms with E-state index in [0.717, 1.165) is 0 Å². The van der Waals surface area contributed by atoms with Crippen LogP contribution in [0.15, 0.2) is 0 Å². The summed E-state index contributed by atoms with van der Waals surface area (Å²) in [5, 5.41) is 8.86. The molecule has 0 radical (unpaired) electrons. The third-order valence-corrected chi connectivity index (χ3v) is 2.02. The van der Waals surface area contributed by atoms with Gasteiger partial charge >= 0.3 is 0 Å². The minimum Gasteiger partial charge on any atom is -0.394 e. The summed E-state index contributed by atoms with van der Waals surface area (Å²) in [6.07, 6.45) is 0. The van der Waals surface area contributed by atoms with Crippen molar-refractivity contribution in [3.05, 3.63) is 0 Å². The molecular formula is C10H16OSi. The second-order valence-corrected chi connectivity index (χ2v) is 8.40. The van der Waals surface area contributed by atoms with E-state index in [1.807, 2.05) is 0 Å². The Hall–Kier alpha value is -0.703. The van der Waals surface area contributed by atoms with Crippen molar-refractivity contribution in [1.82, 2.24) is 0 Å². The Bertz CT molecular complexity index is 241. The largest absolute Gasteiger partial charge is 0.394 e. The predicted molar refractivity (Wildman–Crippen MR) is 55.1 cm³/mol. The topological polar surface area (TPSA) is 20.2 Å². The normalized spacial score (nSPS) is 12.1. The van der Waals surface area contributed by atoms with Crippen LogP contribution in [-0.2, 0) is 0 Å². The fourth-order valence-corrected chi connectivity index (χ4v) is 1.21. The lowest BCUT2D eigenvalue weighted by Crippen LogP contribution is -2.17. The molecule has 2 heteroatoms. The molecule has 0 aliphatic rings. The lowest BCUT2D eigenvalue weighted by Gasteiger charge is -2.04. The fourth-order valence-electron chi connectivity index (χ4n) is 0.605. The number of rotatable bonds is 1. The number of hydrogen-bond donors (Lipinski definition) is 1. The van der Waals surface area contributed by atoms with Crippen LogP contribution in [0.3, 0.4) is 0 Å². The molecule has 0 aromatic rings. The summed E-state index contributed by atoms with van der Waals surface area (Å²) in [5.74, 6) is 8.46. The molecule has 1 N–H and O–H groups in total. The van der Waals surface area contributed by atoms with Crippen molar-refractivity contribution >= 4 is 8.07 Å². The minimum absolute atomic E-state index is 0.0400. The summed E-state index contributed by atoms with van der Waals surface area (Å²) in [7, 11) is -1.31. The first-order chi connectivity index (χ1) is 5.49. The van der Waals surface area contributed by atoms with E-state index in [0.29, 0.717) is 0 Å². The molecular weight excluding hydrogens is 164 g/mol. The Balaban J connectivity index is 4.32. The van der Waals surface area contributed by atoms with Crippen molar-refractivity contribution in [1.29, 1.82) is 0 Å². The van der Waals surface area contributed by atoms with Crippen molar-refractivity contribution in [2.75, 3.05) is 6.61 Å². The van der Waals surface area contributed by atoms with Crippen LogP contribution in [0.25, 0.3) is 0 Å². The van der Waals surface area contributed by atoms with Gasteiger partial charge in [-0.3, -0.25) is 0 Å². The van der Waals surface area contributed by atoms with Crippen molar-refractivity contribution in [3.8, 4) is 23.3 Å². The Morgan fingerprint density at radius 1 is 1.25 bits per heavy atom. The zero-order chi connectivity index (χ0) is 9.61. The fraction of sp³-hybridized carbons (Fsp3) is 0.600. The van der Waals surface area contributed by atoms with Gasteiger partial charge in [-0.2, -0.15) is 0 Å². The summed E-state index contributed by atoms with van der Waals surface area (Å²) in [5.41, 5.74) is 3.18. The third kappa shape index (κ3) is 6.04. The maximum atomic E-state index is 8.86. The molecule has 1 atom stereocenters. The van der Waals surface area contributed by atoms with Crippen LogP contribution in [0.4, 0.5) is 0 Å². The lowest BCUT2D eigenvalue weighted by molar-refractivity contribution is 0.281. The first-order valence-electron chi connectivity index (χ1n) is 4.05. The molecule has 0 spiro atoms. The minimum atomic E-state index is -1.31. The molecule has 0 heterocycles. The molecule has 0 aliphatic carbocycles. The van der Waals surface area contributed by atoms with E-state index in [1.54, 1.807) is 6.92 Å². The Labute approximate surface area is 76.2 Å². The molecule has 0 rings (SSSR count). The van der Waals surface area contributed by atoms with Crippen molar-refractivity contribution in [2.24, 2.45) is 5.92 Å². The number of aliphatic hydroxyl groups is 1.